The van der Waals surface area contributed by atoms with Gasteiger partial charge in [-0.3, -0.25) is 19.8 Å². The lowest BCUT2D eigenvalue weighted by molar-refractivity contribution is -0.137. The van der Waals surface area contributed by atoms with Crippen molar-refractivity contribution in [1.82, 2.24) is 15.1 Å². The highest BCUT2D eigenvalue weighted by atomic mass is 16.4. The predicted octanol–water partition coefficient (Wildman–Crippen LogP) is 0.895. The first-order valence-corrected chi connectivity index (χ1v) is 7.55. The van der Waals surface area contributed by atoms with Crippen LogP contribution in [0.1, 0.15) is 39.0 Å². The van der Waals surface area contributed by atoms with Crippen molar-refractivity contribution in [3.05, 3.63) is 0 Å². The summed E-state index contributed by atoms with van der Waals surface area (Å²) in [6.07, 6.45) is 2.28. The van der Waals surface area contributed by atoms with E-state index < -0.39 is 5.97 Å². The van der Waals surface area contributed by atoms with Crippen molar-refractivity contribution in [3.63, 3.8) is 0 Å². The topological polar surface area (TPSA) is 90.0 Å². The van der Waals surface area contributed by atoms with Gasteiger partial charge in [0.05, 0.1) is 0 Å². The van der Waals surface area contributed by atoms with Crippen LogP contribution in [0.15, 0.2) is 0 Å². The number of rotatable bonds is 7. The normalized spacial score (nSPS) is 15.8. The molecule has 0 aromatic heterocycles. The number of carboxylic acids is 1. The Hall–Kier alpha value is -1.63. The van der Waals surface area contributed by atoms with Crippen molar-refractivity contribution in [2.45, 2.75) is 39.0 Å². The minimum Gasteiger partial charge on any atom is -0.481 e. The lowest BCUT2D eigenvalue weighted by atomic mass is 10.2. The van der Waals surface area contributed by atoms with E-state index in [1.165, 1.54) is 0 Å². The highest BCUT2D eigenvalue weighted by Crippen LogP contribution is 2.04. The van der Waals surface area contributed by atoms with Gasteiger partial charge in [-0.25, -0.2) is 4.79 Å². The molecule has 0 unspecified atom stereocenters. The molecule has 1 aliphatic rings. The van der Waals surface area contributed by atoms with Gasteiger partial charge in [0, 0.05) is 39.0 Å². The summed E-state index contributed by atoms with van der Waals surface area (Å²) in [5.74, 6) is -1.20. The number of aliphatic carboxylic acids is 1. The fraction of sp³-hybridized carbons (Fsp3) is 0.786. The predicted molar refractivity (Wildman–Crippen MR) is 77.9 cm³/mol. The lowest BCUT2D eigenvalue weighted by Crippen LogP contribution is -2.52. The summed E-state index contributed by atoms with van der Waals surface area (Å²) in [6, 6.07) is -0.339. The van der Waals surface area contributed by atoms with Crippen molar-refractivity contribution in [1.29, 1.82) is 0 Å². The molecule has 1 heterocycles. The monoisotopic (exact) mass is 299 g/mol. The highest BCUT2D eigenvalue weighted by molar-refractivity contribution is 5.94. The van der Waals surface area contributed by atoms with E-state index in [0.29, 0.717) is 25.9 Å². The minimum atomic E-state index is -0.864. The van der Waals surface area contributed by atoms with Crippen molar-refractivity contribution in [3.8, 4) is 0 Å². The van der Waals surface area contributed by atoms with Crippen LogP contribution in [0.25, 0.3) is 0 Å². The number of carbonyl (C=O) groups is 3. The summed E-state index contributed by atoms with van der Waals surface area (Å²) in [5, 5.41) is 10.9. The lowest BCUT2D eigenvalue weighted by Gasteiger charge is -2.34. The van der Waals surface area contributed by atoms with Crippen LogP contribution in [0.4, 0.5) is 4.79 Å². The summed E-state index contributed by atoms with van der Waals surface area (Å²) in [5.41, 5.74) is 0. The van der Waals surface area contributed by atoms with Crippen LogP contribution in [0, 0.1) is 0 Å². The molecule has 1 fully saturated rings. The van der Waals surface area contributed by atoms with Crippen LogP contribution in [0.5, 0.6) is 0 Å². The Kier molecular flexibility index (Phi) is 7.74. The van der Waals surface area contributed by atoms with Crippen LogP contribution in [0.2, 0.25) is 0 Å². The third kappa shape index (κ3) is 7.08. The molecule has 0 radical (unpaired) electrons. The Bertz CT molecular complexity index is 365. The summed E-state index contributed by atoms with van der Waals surface area (Å²) in [4.78, 5) is 37.8. The molecule has 2 N–H and O–H groups in total. The number of nitrogens with one attached hydrogen (secondary N) is 1. The molecular weight excluding hydrogens is 274 g/mol. The summed E-state index contributed by atoms with van der Waals surface area (Å²) < 4.78 is 0. The maximum Gasteiger partial charge on any atom is 0.324 e. The zero-order valence-corrected chi connectivity index (χ0v) is 12.6. The number of carboxylic acid groups (broad SMARTS) is 1. The number of piperazine rings is 1. The van der Waals surface area contributed by atoms with Gasteiger partial charge in [0.1, 0.15) is 0 Å². The zero-order chi connectivity index (χ0) is 15.7. The Balaban J connectivity index is 2.18. The van der Waals surface area contributed by atoms with Gasteiger partial charge in [0.15, 0.2) is 0 Å². The molecule has 1 rings (SSSR count). The zero-order valence-electron chi connectivity index (χ0n) is 12.6. The molecule has 0 bridgehead atoms. The van der Waals surface area contributed by atoms with Gasteiger partial charge in [-0.1, -0.05) is 6.92 Å². The minimum absolute atomic E-state index is 0.0562. The van der Waals surface area contributed by atoms with E-state index in [4.69, 9.17) is 5.11 Å². The first kappa shape index (κ1) is 17.4. The summed E-state index contributed by atoms with van der Waals surface area (Å²) >= 11 is 0. The first-order chi connectivity index (χ1) is 10.0. The average Bonchev–Trinajstić information content (AvgIpc) is 2.44. The van der Waals surface area contributed by atoms with Crippen molar-refractivity contribution in [2.24, 2.45) is 0 Å². The number of amides is 3. The number of nitrogens with zero attached hydrogens (tertiary/aromatic N) is 2. The van der Waals surface area contributed by atoms with Gasteiger partial charge in [0.25, 0.3) is 0 Å². The summed E-state index contributed by atoms with van der Waals surface area (Å²) in [6.45, 7) is 6.12. The van der Waals surface area contributed by atoms with Crippen LogP contribution >= 0.6 is 0 Å². The van der Waals surface area contributed by atoms with Crippen LogP contribution in [-0.4, -0.2) is 65.5 Å². The van der Waals surface area contributed by atoms with E-state index in [9.17, 15) is 14.4 Å². The van der Waals surface area contributed by atoms with Gasteiger partial charge < -0.3 is 10.0 Å². The van der Waals surface area contributed by atoms with E-state index >= 15 is 0 Å². The fourth-order valence-corrected chi connectivity index (χ4v) is 2.31. The molecule has 0 aromatic rings. The maximum absolute atomic E-state index is 11.9. The second-order valence-corrected chi connectivity index (χ2v) is 5.28. The number of imide groups is 1. The molecule has 7 heteroatoms. The van der Waals surface area contributed by atoms with Crippen molar-refractivity contribution >= 4 is 17.9 Å². The maximum atomic E-state index is 11.9. The second-order valence-electron chi connectivity index (χ2n) is 5.28. The molecule has 3 amide bonds. The van der Waals surface area contributed by atoms with E-state index in [1.54, 1.807) is 4.90 Å². The Morgan fingerprint density at radius 2 is 1.67 bits per heavy atom. The highest BCUT2D eigenvalue weighted by Gasteiger charge is 2.21. The van der Waals surface area contributed by atoms with Crippen molar-refractivity contribution in [2.75, 3.05) is 32.7 Å². The van der Waals surface area contributed by atoms with Crippen LogP contribution in [-0.2, 0) is 9.59 Å². The number of carbonyl (C=O) groups excluding carboxylic acids is 2. The van der Waals surface area contributed by atoms with Crippen LogP contribution < -0.4 is 5.32 Å². The standard InChI is InChI=1S/C14H25N3O4/c1-2-7-16-8-10-17(11-9-16)14(21)15-12(18)5-3-4-6-13(19)20/h2-11H2,1H3,(H,19,20)(H,15,18,21). The third-order valence-electron chi connectivity index (χ3n) is 3.49. The van der Waals surface area contributed by atoms with Gasteiger partial charge in [-0.2, -0.15) is 0 Å². The molecule has 21 heavy (non-hydrogen) atoms. The molecule has 0 spiro atoms. The van der Waals surface area contributed by atoms with Gasteiger partial charge in [-0.05, 0) is 25.8 Å². The molecule has 1 saturated heterocycles. The molecular formula is C14H25N3O4. The van der Waals surface area contributed by atoms with Gasteiger partial charge in [-0.15, -0.1) is 0 Å². The molecule has 0 atom stereocenters. The molecule has 7 nitrogen and oxygen atoms in total. The van der Waals surface area contributed by atoms with E-state index in [1.807, 2.05) is 0 Å². The Morgan fingerprint density at radius 1 is 1.05 bits per heavy atom. The number of unbranched alkanes of at least 4 members (excludes halogenated alkanes) is 1. The molecule has 120 valence electrons. The average molecular weight is 299 g/mol. The number of hydrogen-bond donors (Lipinski definition) is 2. The smallest absolute Gasteiger partial charge is 0.324 e. The van der Waals surface area contributed by atoms with Crippen molar-refractivity contribution < 1.29 is 19.5 Å². The fourth-order valence-electron chi connectivity index (χ4n) is 2.31. The quantitative estimate of drug-likeness (QED) is 0.682. The van der Waals surface area contributed by atoms with E-state index in [2.05, 4.69) is 17.1 Å². The van der Waals surface area contributed by atoms with E-state index in [0.717, 1.165) is 26.1 Å². The number of urea groups is 1. The Morgan fingerprint density at radius 3 is 2.24 bits per heavy atom. The van der Waals surface area contributed by atoms with Crippen LogP contribution in [0.3, 0.4) is 0 Å². The second kappa shape index (κ2) is 9.33. The van der Waals surface area contributed by atoms with E-state index in [-0.39, 0.29) is 24.8 Å². The summed E-state index contributed by atoms with van der Waals surface area (Å²) in [7, 11) is 0. The molecule has 0 saturated carbocycles. The molecule has 0 aliphatic carbocycles. The first-order valence-electron chi connectivity index (χ1n) is 7.55. The Labute approximate surface area is 125 Å². The van der Waals surface area contributed by atoms with Gasteiger partial charge >= 0.3 is 12.0 Å². The third-order valence-corrected chi connectivity index (χ3v) is 3.49. The van der Waals surface area contributed by atoms with Gasteiger partial charge in [0.2, 0.25) is 5.91 Å². The SMILES string of the molecule is CCCN1CCN(C(=O)NC(=O)CCCCC(=O)O)CC1. The molecule has 0 aromatic carbocycles. The largest absolute Gasteiger partial charge is 0.481 e. The number of hydrogen-bond acceptors (Lipinski definition) is 4. The molecule has 1 aliphatic heterocycles.